The van der Waals surface area contributed by atoms with Gasteiger partial charge in [-0.05, 0) is 37.3 Å². The summed E-state index contributed by atoms with van der Waals surface area (Å²) in [5.41, 5.74) is -0.725. The van der Waals surface area contributed by atoms with E-state index in [1.54, 1.807) is 17.9 Å². The third-order valence-electron chi connectivity index (χ3n) is 9.77. The smallest absolute Gasteiger partial charge is 0.313 e. The van der Waals surface area contributed by atoms with E-state index in [1.165, 1.54) is 4.90 Å². The molecule has 10 nitrogen and oxygen atoms in total. The van der Waals surface area contributed by atoms with E-state index in [4.69, 9.17) is 9.47 Å². The molecule has 0 unspecified atom stereocenters. The number of rotatable bonds is 8. The molecule has 2 saturated heterocycles. The molecular weight excluding hydrogens is 654 g/mol. The summed E-state index contributed by atoms with van der Waals surface area (Å²) in [5, 5.41) is 13.5. The molecule has 1 aromatic rings. The summed E-state index contributed by atoms with van der Waals surface area (Å²) >= 11 is 3.60. The Hall–Kier alpha value is -3.02. The van der Waals surface area contributed by atoms with E-state index >= 15 is 0 Å². The lowest BCUT2D eigenvalue weighted by molar-refractivity contribution is -0.162. The van der Waals surface area contributed by atoms with Crippen LogP contribution >= 0.6 is 15.9 Å². The lowest BCUT2D eigenvalue weighted by Gasteiger charge is -2.40. The van der Waals surface area contributed by atoms with Gasteiger partial charge in [0.1, 0.15) is 29.8 Å². The number of amides is 3. The maximum Gasteiger partial charge on any atom is 0.313 e. The molecule has 0 aromatic heterocycles. The second-order valence-electron chi connectivity index (χ2n) is 13.2. The number of allylic oxidation sites excluding steroid dienone is 1. The number of cyclic esters (lactones) is 1. The highest BCUT2D eigenvalue weighted by molar-refractivity contribution is 9.11. The van der Waals surface area contributed by atoms with Gasteiger partial charge in [0.15, 0.2) is 0 Å². The average molecular weight is 701 g/mol. The molecule has 4 heterocycles. The molecule has 11 heteroatoms. The first-order valence-corrected chi connectivity index (χ1v) is 17.3. The summed E-state index contributed by atoms with van der Waals surface area (Å²) in [5.74, 6) is -3.78. The molecule has 0 radical (unpaired) electrons. The van der Waals surface area contributed by atoms with Crippen molar-refractivity contribution in [1.29, 1.82) is 0 Å². The van der Waals surface area contributed by atoms with Gasteiger partial charge in [-0.25, -0.2) is 0 Å². The maximum atomic E-state index is 14.7. The summed E-state index contributed by atoms with van der Waals surface area (Å²) in [4.78, 5) is 59.8. The van der Waals surface area contributed by atoms with Gasteiger partial charge in [0.05, 0.1) is 24.6 Å². The monoisotopic (exact) mass is 699 g/mol. The zero-order chi connectivity index (χ0) is 33.2. The van der Waals surface area contributed by atoms with E-state index in [9.17, 15) is 24.3 Å². The number of benzene rings is 1. The Morgan fingerprint density at radius 2 is 1.80 bits per heavy atom. The van der Waals surface area contributed by atoms with Crippen molar-refractivity contribution in [2.75, 3.05) is 19.7 Å². The van der Waals surface area contributed by atoms with Crippen LogP contribution in [0.1, 0.15) is 71.5 Å². The van der Waals surface area contributed by atoms with Crippen molar-refractivity contribution in [2.45, 2.75) is 95.7 Å². The van der Waals surface area contributed by atoms with Gasteiger partial charge in [-0.15, -0.1) is 0 Å². The second kappa shape index (κ2) is 14.4. The molecule has 46 heavy (non-hydrogen) atoms. The standard InChI is InChI=1S/C35H46BrN3O7/c1-5-6-12-17-38-18-13-8-11-16-26(41)37-22(4)29(23-14-9-7-10-15-23)45-34(44)27-28-32(42)39(25(20-40)21(2)3)31(33(38)43)35(28)19-24(36)30(27)46-35/h7-10,13-15,19,21-22,25,27-31,40H,5-6,11-12,16-18,20H2,1-4H3,(H,37,41)/b13-8-/t22-,25+,27+,28-,29+,30+,31+,35-/m1/s1. The van der Waals surface area contributed by atoms with E-state index in [2.05, 4.69) is 28.2 Å². The molecule has 0 saturated carbocycles. The van der Waals surface area contributed by atoms with E-state index in [0.29, 0.717) is 29.6 Å². The van der Waals surface area contributed by atoms with Crippen LogP contribution in [0.4, 0.5) is 0 Å². The Bertz CT molecular complexity index is 1370. The molecule has 2 N–H and O–H groups in total. The largest absolute Gasteiger partial charge is 0.455 e. The minimum absolute atomic E-state index is 0.173. The van der Waals surface area contributed by atoms with Gasteiger partial charge >= 0.3 is 5.97 Å². The van der Waals surface area contributed by atoms with Crippen molar-refractivity contribution < 1.29 is 33.8 Å². The summed E-state index contributed by atoms with van der Waals surface area (Å²) in [6.07, 6.45) is 7.30. The predicted molar refractivity (Wildman–Crippen MR) is 175 cm³/mol. The van der Waals surface area contributed by atoms with Crippen LogP contribution < -0.4 is 5.32 Å². The Morgan fingerprint density at radius 1 is 1.07 bits per heavy atom. The quantitative estimate of drug-likeness (QED) is 0.239. The summed E-state index contributed by atoms with van der Waals surface area (Å²) in [7, 11) is 0. The van der Waals surface area contributed by atoms with E-state index in [1.807, 2.05) is 56.3 Å². The molecule has 0 aliphatic carbocycles. The fraction of sp³-hybridized carbons (Fsp3) is 0.600. The summed E-state index contributed by atoms with van der Waals surface area (Å²) in [6.45, 7) is 8.10. The van der Waals surface area contributed by atoms with Crippen LogP contribution in [0.5, 0.6) is 0 Å². The maximum absolute atomic E-state index is 14.7. The third-order valence-corrected chi connectivity index (χ3v) is 10.5. The predicted octanol–water partition coefficient (Wildman–Crippen LogP) is 4.03. The van der Waals surface area contributed by atoms with Gasteiger partial charge in [-0.1, -0.05) is 92.0 Å². The molecule has 1 aromatic carbocycles. The fourth-order valence-electron chi connectivity index (χ4n) is 7.44. The van der Waals surface area contributed by atoms with Gasteiger partial charge in [0.25, 0.3) is 0 Å². The Kier molecular flexibility index (Phi) is 10.7. The van der Waals surface area contributed by atoms with Crippen LogP contribution in [0.15, 0.2) is 53.0 Å². The fourth-order valence-corrected chi connectivity index (χ4v) is 8.18. The minimum atomic E-state index is -1.42. The first-order valence-electron chi connectivity index (χ1n) is 16.5. The highest BCUT2D eigenvalue weighted by Crippen LogP contribution is 2.59. The van der Waals surface area contributed by atoms with Crippen LogP contribution in [0.3, 0.4) is 0 Å². The van der Waals surface area contributed by atoms with E-state index in [-0.39, 0.29) is 30.8 Å². The number of fused-ring (bicyclic) bond motifs is 2. The lowest BCUT2D eigenvalue weighted by atomic mass is 9.74. The van der Waals surface area contributed by atoms with Crippen LogP contribution in [-0.4, -0.2) is 88.1 Å². The van der Waals surface area contributed by atoms with Gasteiger partial charge in [0, 0.05) is 24.0 Å². The SMILES string of the molecule is CCCCCN1C/C=C\CCC(=O)N[C@H](C)[C@@H](c2ccccc2)OC(=O)[C@@H]2[C@H]3O[C@@]4(C=C3Br)[C@H](C1=O)N([C@@H](CO)C(C)C)C(=O)[C@@H]24. The molecule has 4 aliphatic rings. The van der Waals surface area contributed by atoms with Crippen molar-refractivity contribution in [1.82, 2.24) is 15.1 Å². The highest BCUT2D eigenvalue weighted by Gasteiger charge is 2.75. The Labute approximate surface area is 279 Å². The zero-order valence-electron chi connectivity index (χ0n) is 27.1. The average Bonchev–Trinajstić information content (AvgIpc) is 3.62. The molecular formula is C35H46BrN3O7. The van der Waals surface area contributed by atoms with Gasteiger partial charge in [0.2, 0.25) is 17.7 Å². The second-order valence-corrected chi connectivity index (χ2v) is 14.1. The van der Waals surface area contributed by atoms with Crippen molar-refractivity contribution >= 4 is 39.6 Å². The number of aliphatic hydroxyl groups excluding tert-OH is 1. The number of likely N-dealkylation sites (tertiary alicyclic amines) is 1. The highest BCUT2D eigenvalue weighted by atomic mass is 79.9. The zero-order valence-corrected chi connectivity index (χ0v) is 28.6. The number of carbonyl (C=O) groups is 4. The van der Waals surface area contributed by atoms with Crippen molar-refractivity contribution in [3.05, 3.63) is 58.6 Å². The first-order chi connectivity index (χ1) is 22.0. The number of ether oxygens (including phenoxy) is 2. The summed E-state index contributed by atoms with van der Waals surface area (Å²) in [6, 6.07) is 6.87. The van der Waals surface area contributed by atoms with E-state index < -0.39 is 59.6 Å². The normalized spacial score (nSPS) is 33.2. The molecule has 5 rings (SSSR count). The Morgan fingerprint density at radius 3 is 2.48 bits per heavy atom. The molecule has 8 atom stereocenters. The molecule has 5 bridgehead atoms. The van der Waals surface area contributed by atoms with Gasteiger partial charge in [-0.3, -0.25) is 19.2 Å². The number of halogens is 1. The van der Waals surface area contributed by atoms with Crippen LogP contribution in [0, 0.1) is 17.8 Å². The molecule has 4 aliphatic heterocycles. The molecule has 1 spiro atoms. The number of unbranched alkanes of at least 4 members (excludes halogenated alkanes) is 2. The van der Waals surface area contributed by atoms with Gasteiger partial charge < -0.3 is 29.7 Å². The molecule has 2 fully saturated rings. The lowest BCUT2D eigenvalue weighted by Crippen LogP contribution is -2.59. The molecule has 250 valence electrons. The van der Waals surface area contributed by atoms with Gasteiger partial charge in [-0.2, -0.15) is 0 Å². The summed E-state index contributed by atoms with van der Waals surface area (Å²) < 4.78 is 13.4. The number of hydrogen-bond donors (Lipinski definition) is 2. The van der Waals surface area contributed by atoms with Crippen LogP contribution in [0.25, 0.3) is 0 Å². The Balaban J connectivity index is 1.62. The van der Waals surface area contributed by atoms with E-state index in [0.717, 1.165) is 19.3 Å². The number of aliphatic hydroxyl groups is 1. The number of carbonyl (C=O) groups excluding carboxylic acids is 4. The number of hydrogen-bond acceptors (Lipinski definition) is 7. The number of nitrogens with zero attached hydrogens (tertiary/aromatic N) is 2. The minimum Gasteiger partial charge on any atom is -0.455 e. The third kappa shape index (κ3) is 6.30. The van der Waals surface area contributed by atoms with Crippen LogP contribution in [-0.2, 0) is 28.7 Å². The molecule has 3 amide bonds. The van der Waals surface area contributed by atoms with Crippen molar-refractivity contribution in [3.63, 3.8) is 0 Å². The van der Waals surface area contributed by atoms with Crippen LogP contribution in [0.2, 0.25) is 0 Å². The number of nitrogens with one attached hydrogen (secondary N) is 1. The first kappa shape index (κ1) is 34.3. The number of esters is 1. The van der Waals surface area contributed by atoms with Crippen molar-refractivity contribution in [3.8, 4) is 0 Å². The topological polar surface area (TPSA) is 125 Å². The van der Waals surface area contributed by atoms with Crippen molar-refractivity contribution in [2.24, 2.45) is 17.8 Å².